The fraction of sp³-hybridized carbons (Fsp3) is 0.316. The lowest BCUT2D eigenvalue weighted by atomic mass is 10.2. The number of piperazine rings is 1. The molecule has 1 fully saturated rings. The molecule has 1 amide bonds. The molecule has 2 heterocycles. The standard InChI is InChI=1S/C19H22N4O4S/c1-22-8-10-23(11-9-22)17-5-3-2-4-15(17)21-28(25,26)14-6-7-18-16(12-14)20-19(24)13-27-18/h2-7,12,21H,8-11,13H2,1H3,(H,20,24). The Labute approximate surface area is 164 Å². The molecule has 0 atom stereocenters. The zero-order valence-corrected chi connectivity index (χ0v) is 16.3. The van der Waals surface area contributed by atoms with Crippen LogP contribution >= 0.6 is 0 Å². The third-order valence-electron chi connectivity index (χ3n) is 4.89. The predicted octanol–water partition coefficient (Wildman–Crippen LogP) is 1.57. The van der Waals surface area contributed by atoms with Gasteiger partial charge in [-0.3, -0.25) is 9.52 Å². The average molecular weight is 402 g/mol. The number of sulfonamides is 1. The lowest BCUT2D eigenvalue weighted by molar-refractivity contribution is -0.118. The van der Waals surface area contributed by atoms with Crippen LogP contribution in [-0.4, -0.2) is 59.1 Å². The van der Waals surface area contributed by atoms with Crippen LogP contribution in [0.4, 0.5) is 17.1 Å². The van der Waals surface area contributed by atoms with Gasteiger partial charge in [-0.05, 0) is 37.4 Å². The molecule has 0 bridgehead atoms. The first kappa shape index (κ1) is 18.6. The number of carbonyl (C=O) groups is 1. The minimum Gasteiger partial charge on any atom is -0.482 e. The first-order valence-electron chi connectivity index (χ1n) is 9.04. The van der Waals surface area contributed by atoms with Crippen molar-refractivity contribution in [3.63, 3.8) is 0 Å². The van der Waals surface area contributed by atoms with Crippen LogP contribution in [0, 0.1) is 0 Å². The van der Waals surface area contributed by atoms with Crippen molar-refractivity contribution in [2.75, 3.05) is 54.8 Å². The van der Waals surface area contributed by atoms with Gasteiger partial charge in [0.25, 0.3) is 15.9 Å². The van der Waals surface area contributed by atoms with E-state index in [1.54, 1.807) is 18.2 Å². The van der Waals surface area contributed by atoms with Gasteiger partial charge < -0.3 is 19.9 Å². The molecule has 2 aliphatic rings. The first-order chi connectivity index (χ1) is 13.4. The Balaban J connectivity index is 1.61. The number of para-hydroxylation sites is 2. The second-order valence-corrected chi connectivity index (χ2v) is 8.59. The van der Waals surface area contributed by atoms with Gasteiger partial charge in [0.2, 0.25) is 0 Å². The molecule has 9 heteroatoms. The van der Waals surface area contributed by atoms with Gasteiger partial charge in [-0.15, -0.1) is 0 Å². The van der Waals surface area contributed by atoms with E-state index in [1.165, 1.54) is 12.1 Å². The van der Waals surface area contributed by atoms with Gasteiger partial charge in [-0.25, -0.2) is 8.42 Å². The summed E-state index contributed by atoms with van der Waals surface area (Å²) in [7, 11) is -1.76. The minimum atomic E-state index is -3.83. The second kappa shape index (κ2) is 7.33. The van der Waals surface area contributed by atoms with E-state index < -0.39 is 10.0 Å². The van der Waals surface area contributed by atoms with E-state index in [9.17, 15) is 13.2 Å². The molecule has 0 aliphatic carbocycles. The summed E-state index contributed by atoms with van der Waals surface area (Å²) >= 11 is 0. The smallest absolute Gasteiger partial charge is 0.262 e. The molecule has 0 radical (unpaired) electrons. The van der Waals surface area contributed by atoms with Gasteiger partial charge in [-0.2, -0.15) is 0 Å². The van der Waals surface area contributed by atoms with Crippen molar-refractivity contribution in [3.8, 4) is 5.75 Å². The summed E-state index contributed by atoms with van der Waals surface area (Å²) in [5, 5.41) is 2.63. The molecule has 2 aromatic rings. The van der Waals surface area contributed by atoms with Crippen LogP contribution in [0.1, 0.15) is 0 Å². The van der Waals surface area contributed by atoms with Gasteiger partial charge >= 0.3 is 0 Å². The van der Waals surface area contributed by atoms with Gasteiger partial charge in [0, 0.05) is 26.2 Å². The highest BCUT2D eigenvalue weighted by atomic mass is 32.2. The number of hydrogen-bond acceptors (Lipinski definition) is 6. The van der Waals surface area contributed by atoms with E-state index in [1.807, 2.05) is 12.1 Å². The third-order valence-corrected chi connectivity index (χ3v) is 6.25. The number of nitrogens with one attached hydrogen (secondary N) is 2. The van der Waals surface area contributed by atoms with Gasteiger partial charge in [0.05, 0.1) is 22.0 Å². The monoisotopic (exact) mass is 402 g/mol. The fourth-order valence-electron chi connectivity index (χ4n) is 3.32. The lowest BCUT2D eigenvalue weighted by Crippen LogP contribution is -2.44. The molecule has 0 spiro atoms. The van der Waals surface area contributed by atoms with Crippen LogP contribution in [-0.2, 0) is 14.8 Å². The highest BCUT2D eigenvalue weighted by molar-refractivity contribution is 7.92. The lowest BCUT2D eigenvalue weighted by Gasteiger charge is -2.35. The number of carbonyl (C=O) groups excluding carboxylic acids is 1. The van der Waals surface area contributed by atoms with E-state index >= 15 is 0 Å². The highest BCUT2D eigenvalue weighted by Crippen LogP contribution is 2.32. The van der Waals surface area contributed by atoms with Crippen molar-refractivity contribution in [3.05, 3.63) is 42.5 Å². The van der Waals surface area contributed by atoms with Gasteiger partial charge in [-0.1, -0.05) is 12.1 Å². The summed E-state index contributed by atoms with van der Waals surface area (Å²) in [4.78, 5) is 16.0. The van der Waals surface area contributed by atoms with Crippen molar-refractivity contribution < 1.29 is 17.9 Å². The highest BCUT2D eigenvalue weighted by Gasteiger charge is 2.23. The molecule has 0 unspecified atom stereocenters. The van der Waals surface area contributed by atoms with Crippen molar-refractivity contribution in [2.45, 2.75) is 4.90 Å². The predicted molar refractivity (Wildman–Crippen MR) is 108 cm³/mol. The maximum absolute atomic E-state index is 13.0. The molecule has 2 N–H and O–H groups in total. The summed E-state index contributed by atoms with van der Waals surface area (Å²) in [6.45, 7) is 3.43. The summed E-state index contributed by atoms with van der Waals surface area (Å²) in [5.74, 6) is 0.145. The van der Waals surface area contributed by atoms with Crippen LogP contribution < -0.4 is 19.7 Å². The molecule has 2 aromatic carbocycles. The van der Waals surface area contributed by atoms with Crippen LogP contribution in [0.15, 0.2) is 47.4 Å². The Bertz CT molecular complexity index is 1000. The van der Waals surface area contributed by atoms with E-state index in [4.69, 9.17) is 4.74 Å². The third kappa shape index (κ3) is 3.76. The minimum absolute atomic E-state index is 0.0604. The zero-order valence-electron chi connectivity index (χ0n) is 15.5. The molecule has 1 saturated heterocycles. The van der Waals surface area contributed by atoms with Crippen LogP contribution in [0.2, 0.25) is 0 Å². The molecule has 0 saturated carbocycles. The number of rotatable bonds is 4. The number of benzene rings is 2. The first-order valence-corrected chi connectivity index (χ1v) is 10.5. The Morgan fingerprint density at radius 3 is 2.61 bits per heavy atom. The Hall–Kier alpha value is -2.78. The zero-order chi connectivity index (χ0) is 19.7. The van der Waals surface area contributed by atoms with Crippen LogP contribution in [0.25, 0.3) is 0 Å². The maximum atomic E-state index is 13.0. The Morgan fingerprint density at radius 2 is 1.82 bits per heavy atom. The number of nitrogens with zero attached hydrogens (tertiary/aromatic N) is 2. The molecule has 148 valence electrons. The van der Waals surface area contributed by atoms with Gasteiger partial charge in [0.1, 0.15) is 5.75 Å². The molecule has 2 aliphatic heterocycles. The van der Waals surface area contributed by atoms with Crippen molar-refractivity contribution in [1.29, 1.82) is 0 Å². The van der Waals surface area contributed by atoms with E-state index in [0.29, 0.717) is 17.1 Å². The summed E-state index contributed by atoms with van der Waals surface area (Å²) in [6, 6.07) is 11.8. The summed E-state index contributed by atoms with van der Waals surface area (Å²) in [5.41, 5.74) is 1.74. The number of hydrogen-bond donors (Lipinski definition) is 2. The van der Waals surface area contributed by atoms with E-state index in [2.05, 4.69) is 26.9 Å². The van der Waals surface area contributed by atoms with Crippen LogP contribution in [0.3, 0.4) is 0 Å². The molecular formula is C19H22N4O4S. The van der Waals surface area contributed by atoms with E-state index in [0.717, 1.165) is 31.9 Å². The number of amides is 1. The molecule has 28 heavy (non-hydrogen) atoms. The topological polar surface area (TPSA) is 91.0 Å². The van der Waals surface area contributed by atoms with Gasteiger partial charge in [0.15, 0.2) is 6.61 Å². The second-order valence-electron chi connectivity index (χ2n) is 6.91. The number of anilines is 3. The SMILES string of the molecule is CN1CCN(c2ccccc2NS(=O)(=O)c2ccc3c(c2)NC(=O)CO3)CC1. The summed E-state index contributed by atoms with van der Waals surface area (Å²) < 4.78 is 33.9. The van der Waals surface area contributed by atoms with Crippen LogP contribution in [0.5, 0.6) is 5.75 Å². The quantitative estimate of drug-likeness (QED) is 0.807. The molecule has 4 rings (SSSR count). The normalized spacial score (nSPS) is 17.5. The van der Waals surface area contributed by atoms with E-state index in [-0.39, 0.29) is 17.4 Å². The summed E-state index contributed by atoms with van der Waals surface area (Å²) in [6.07, 6.45) is 0. The van der Waals surface area contributed by atoms with Crippen molar-refractivity contribution in [2.24, 2.45) is 0 Å². The van der Waals surface area contributed by atoms with Crippen molar-refractivity contribution in [1.82, 2.24) is 4.90 Å². The number of fused-ring (bicyclic) bond motifs is 1. The maximum Gasteiger partial charge on any atom is 0.262 e. The molecular weight excluding hydrogens is 380 g/mol. The van der Waals surface area contributed by atoms with Crippen molar-refractivity contribution >= 4 is 33.0 Å². The Kier molecular flexibility index (Phi) is 4.86. The average Bonchev–Trinajstić information content (AvgIpc) is 2.68. The largest absolute Gasteiger partial charge is 0.482 e. The Morgan fingerprint density at radius 1 is 1.07 bits per heavy atom. The molecule has 8 nitrogen and oxygen atoms in total. The number of likely N-dealkylation sites (N-methyl/N-ethyl adjacent to an activating group) is 1. The fourth-order valence-corrected chi connectivity index (χ4v) is 4.42. The molecule has 0 aromatic heterocycles. The number of ether oxygens (including phenoxy) is 1.